The number of hydrogen-bond donors (Lipinski definition) is 1. The van der Waals surface area contributed by atoms with Crippen molar-refractivity contribution >= 4 is 21.7 Å². The fourth-order valence-corrected chi connectivity index (χ4v) is 1.99. The van der Waals surface area contributed by atoms with Crippen molar-refractivity contribution in [2.24, 2.45) is 0 Å². The van der Waals surface area contributed by atoms with Crippen LogP contribution in [0.1, 0.15) is 18.4 Å². The number of ether oxygens (including phenoxy) is 1. The fraction of sp³-hybridized carbons (Fsp3) is 0.231. The van der Waals surface area contributed by atoms with Gasteiger partial charge in [0.05, 0.1) is 10.2 Å². The molecule has 0 saturated carbocycles. The van der Waals surface area contributed by atoms with Crippen molar-refractivity contribution in [3.63, 3.8) is 0 Å². The Bertz CT molecular complexity index is 531. The molecule has 0 spiro atoms. The van der Waals surface area contributed by atoms with Crippen LogP contribution in [0.15, 0.2) is 34.8 Å². The number of nitrogens with zero attached hydrogens (tertiary/aromatic N) is 2. The van der Waals surface area contributed by atoms with Crippen LogP contribution in [0.5, 0.6) is 5.75 Å². The maximum atomic E-state index is 5.81. The van der Waals surface area contributed by atoms with Crippen LogP contribution in [0.25, 0.3) is 0 Å². The molecule has 2 rings (SSSR count). The minimum atomic E-state index is 0.314. The molecule has 2 aromatic rings. The van der Waals surface area contributed by atoms with Crippen molar-refractivity contribution in [3.8, 4) is 5.75 Å². The minimum absolute atomic E-state index is 0.314. The molecule has 94 valence electrons. The van der Waals surface area contributed by atoms with Gasteiger partial charge in [-0.1, -0.05) is 25.1 Å². The molecule has 0 aliphatic heterocycles. The first-order valence-corrected chi connectivity index (χ1v) is 6.48. The van der Waals surface area contributed by atoms with Gasteiger partial charge in [-0.2, -0.15) is 0 Å². The van der Waals surface area contributed by atoms with Gasteiger partial charge in [-0.15, -0.1) is 0 Å². The zero-order chi connectivity index (χ0) is 13.0. The van der Waals surface area contributed by atoms with Crippen molar-refractivity contribution in [1.82, 2.24) is 9.97 Å². The van der Waals surface area contributed by atoms with Crippen LogP contribution < -0.4 is 10.5 Å². The van der Waals surface area contributed by atoms with Crippen LogP contribution in [0, 0.1) is 0 Å². The fourth-order valence-electron chi connectivity index (χ4n) is 1.53. The maximum absolute atomic E-state index is 5.81. The van der Waals surface area contributed by atoms with E-state index in [1.165, 1.54) is 0 Å². The Morgan fingerprint density at radius 1 is 1.22 bits per heavy atom. The highest BCUT2D eigenvalue weighted by Gasteiger charge is 2.08. The third kappa shape index (κ3) is 2.98. The van der Waals surface area contributed by atoms with Crippen LogP contribution >= 0.6 is 15.9 Å². The lowest BCUT2D eigenvalue weighted by Gasteiger charge is -2.08. The standard InChI is InChI=1S/C13H14BrN3O/c1-2-10-12(14)13(15)17-11(16-10)8-18-9-6-4-3-5-7-9/h3-7H,2,8H2,1H3,(H2,15,16,17). The van der Waals surface area contributed by atoms with Gasteiger partial charge < -0.3 is 10.5 Å². The molecule has 0 fully saturated rings. The van der Waals surface area contributed by atoms with Gasteiger partial charge in [0.1, 0.15) is 18.2 Å². The summed E-state index contributed by atoms with van der Waals surface area (Å²) >= 11 is 3.38. The molecule has 4 nitrogen and oxygen atoms in total. The Morgan fingerprint density at radius 3 is 2.61 bits per heavy atom. The lowest BCUT2D eigenvalue weighted by molar-refractivity contribution is 0.295. The van der Waals surface area contributed by atoms with Gasteiger partial charge in [0.2, 0.25) is 0 Å². The van der Waals surface area contributed by atoms with Crippen molar-refractivity contribution in [2.45, 2.75) is 20.0 Å². The number of benzene rings is 1. The highest BCUT2D eigenvalue weighted by atomic mass is 79.9. The van der Waals surface area contributed by atoms with Gasteiger partial charge in [-0.3, -0.25) is 0 Å². The summed E-state index contributed by atoms with van der Waals surface area (Å²) in [5.41, 5.74) is 6.71. The predicted molar refractivity (Wildman–Crippen MR) is 74.3 cm³/mol. The molecule has 0 bridgehead atoms. The molecule has 1 heterocycles. The van der Waals surface area contributed by atoms with E-state index in [0.717, 1.165) is 22.3 Å². The largest absolute Gasteiger partial charge is 0.486 e. The van der Waals surface area contributed by atoms with Gasteiger partial charge in [0.25, 0.3) is 0 Å². The van der Waals surface area contributed by atoms with E-state index in [0.29, 0.717) is 18.2 Å². The number of para-hydroxylation sites is 1. The maximum Gasteiger partial charge on any atom is 0.168 e. The molecule has 1 aromatic carbocycles. The smallest absolute Gasteiger partial charge is 0.168 e. The number of aromatic nitrogens is 2. The zero-order valence-electron chi connectivity index (χ0n) is 10.1. The Labute approximate surface area is 114 Å². The Hall–Kier alpha value is -1.62. The molecule has 0 unspecified atom stereocenters. The summed E-state index contributed by atoms with van der Waals surface area (Å²) in [6.45, 7) is 2.34. The predicted octanol–water partition coefficient (Wildman–Crippen LogP) is 2.96. The Balaban J connectivity index is 2.13. The minimum Gasteiger partial charge on any atom is -0.486 e. The number of rotatable bonds is 4. The third-order valence-corrected chi connectivity index (χ3v) is 3.30. The average molecular weight is 308 g/mol. The molecule has 0 aliphatic carbocycles. The second-order valence-electron chi connectivity index (χ2n) is 3.74. The molecule has 0 radical (unpaired) electrons. The first-order chi connectivity index (χ1) is 8.70. The van der Waals surface area contributed by atoms with E-state index in [2.05, 4.69) is 25.9 Å². The third-order valence-electron chi connectivity index (χ3n) is 2.44. The quantitative estimate of drug-likeness (QED) is 0.943. The van der Waals surface area contributed by atoms with E-state index in [-0.39, 0.29) is 0 Å². The molecule has 18 heavy (non-hydrogen) atoms. The number of anilines is 1. The van der Waals surface area contributed by atoms with Gasteiger partial charge in [0.15, 0.2) is 5.82 Å². The normalized spacial score (nSPS) is 10.3. The van der Waals surface area contributed by atoms with Gasteiger partial charge >= 0.3 is 0 Å². The lowest BCUT2D eigenvalue weighted by Crippen LogP contribution is -2.07. The van der Waals surface area contributed by atoms with Crippen LogP contribution in [0.3, 0.4) is 0 Å². The zero-order valence-corrected chi connectivity index (χ0v) is 11.6. The van der Waals surface area contributed by atoms with E-state index >= 15 is 0 Å². The number of nitrogen functional groups attached to an aromatic ring is 1. The summed E-state index contributed by atoms with van der Waals surface area (Å²) in [7, 11) is 0. The van der Waals surface area contributed by atoms with Crippen LogP contribution in [0.4, 0.5) is 5.82 Å². The number of nitrogens with two attached hydrogens (primary N) is 1. The highest BCUT2D eigenvalue weighted by Crippen LogP contribution is 2.21. The molecule has 5 heteroatoms. The Kier molecular flexibility index (Phi) is 4.15. The summed E-state index contributed by atoms with van der Waals surface area (Å²) in [5, 5.41) is 0. The van der Waals surface area contributed by atoms with E-state index in [1.54, 1.807) is 0 Å². The van der Waals surface area contributed by atoms with Gasteiger partial charge in [-0.05, 0) is 34.5 Å². The molecular formula is C13H14BrN3O. The molecule has 0 atom stereocenters. The summed E-state index contributed by atoms with van der Waals surface area (Å²) in [6.07, 6.45) is 0.797. The van der Waals surface area contributed by atoms with Crippen LogP contribution in [0.2, 0.25) is 0 Å². The lowest BCUT2D eigenvalue weighted by atomic mass is 10.3. The molecule has 2 N–H and O–H groups in total. The van der Waals surface area contributed by atoms with E-state index < -0.39 is 0 Å². The van der Waals surface area contributed by atoms with Gasteiger partial charge in [0, 0.05) is 0 Å². The first-order valence-electron chi connectivity index (χ1n) is 5.69. The number of aryl methyl sites for hydroxylation is 1. The number of hydrogen-bond acceptors (Lipinski definition) is 4. The molecule has 0 saturated heterocycles. The van der Waals surface area contributed by atoms with Crippen molar-refractivity contribution in [3.05, 3.63) is 46.3 Å². The van der Waals surface area contributed by atoms with Crippen molar-refractivity contribution in [2.75, 3.05) is 5.73 Å². The first kappa shape index (κ1) is 12.8. The number of halogens is 1. The monoisotopic (exact) mass is 307 g/mol. The van der Waals surface area contributed by atoms with E-state index in [4.69, 9.17) is 10.5 Å². The highest BCUT2D eigenvalue weighted by molar-refractivity contribution is 9.10. The topological polar surface area (TPSA) is 61.0 Å². The second-order valence-corrected chi connectivity index (χ2v) is 4.53. The second kappa shape index (κ2) is 5.82. The van der Waals surface area contributed by atoms with E-state index in [1.807, 2.05) is 37.3 Å². The SMILES string of the molecule is CCc1nc(COc2ccccc2)nc(N)c1Br. The summed E-state index contributed by atoms with van der Waals surface area (Å²) in [4.78, 5) is 8.59. The molecule has 0 amide bonds. The van der Waals surface area contributed by atoms with Crippen molar-refractivity contribution in [1.29, 1.82) is 0 Å². The molecule has 1 aromatic heterocycles. The molecule has 0 aliphatic rings. The summed E-state index contributed by atoms with van der Waals surface area (Å²) < 4.78 is 6.36. The summed E-state index contributed by atoms with van der Waals surface area (Å²) in [5.74, 6) is 1.84. The van der Waals surface area contributed by atoms with Crippen LogP contribution in [-0.4, -0.2) is 9.97 Å². The average Bonchev–Trinajstić information content (AvgIpc) is 2.41. The molecular weight excluding hydrogens is 294 g/mol. The van der Waals surface area contributed by atoms with Crippen LogP contribution in [-0.2, 0) is 13.0 Å². The Morgan fingerprint density at radius 2 is 1.94 bits per heavy atom. The van der Waals surface area contributed by atoms with E-state index in [9.17, 15) is 0 Å². The van der Waals surface area contributed by atoms with Crippen molar-refractivity contribution < 1.29 is 4.74 Å². The summed E-state index contributed by atoms with van der Waals surface area (Å²) in [6, 6.07) is 9.56. The van der Waals surface area contributed by atoms with Gasteiger partial charge in [-0.25, -0.2) is 9.97 Å².